The lowest BCUT2D eigenvalue weighted by Crippen LogP contribution is -2.27. The fourth-order valence-electron chi connectivity index (χ4n) is 2.83. The van der Waals surface area contributed by atoms with Gasteiger partial charge < -0.3 is 24.3 Å². The summed E-state index contributed by atoms with van der Waals surface area (Å²) in [5, 5.41) is 2.76. The van der Waals surface area contributed by atoms with Crippen LogP contribution in [-0.4, -0.2) is 48.3 Å². The molecular weight excluding hydrogens is 448 g/mol. The number of carbonyl (C=O) groups is 1. The number of hydrogen-bond acceptors (Lipinski definition) is 7. The number of sulfonamides is 1. The summed E-state index contributed by atoms with van der Waals surface area (Å²) in [7, 11) is -0.930. The van der Waals surface area contributed by atoms with Crippen molar-refractivity contribution in [2.45, 2.75) is 38.0 Å². The molecule has 0 aromatic heterocycles. The van der Waals surface area contributed by atoms with Crippen molar-refractivity contribution in [2.75, 3.05) is 39.3 Å². The Kier molecular flexibility index (Phi) is 10.3. The molecule has 9 nitrogen and oxygen atoms in total. The van der Waals surface area contributed by atoms with Crippen molar-refractivity contribution in [2.24, 2.45) is 0 Å². The zero-order chi connectivity index (χ0) is 24.3. The molecule has 2 N–H and O–H groups in total. The molecule has 2 aromatic carbocycles. The van der Waals surface area contributed by atoms with Crippen molar-refractivity contribution in [3.63, 3.8) is 0 Å². The van der Waals surface area contributed by atoms with Gasteiger partial charge in [-0.1, -0.05) is 13.8 Å². The molecule has 0 radical (unpaired) electrons. The number of amides is 1. The molecule has 1 amide bonds. The molecule has 33 heavy (non-hydrogen) atoms. The molecule has 182 valence electrons. The molecule has 0 saturated carbocycles. The maximum Gasteiger partial charge on any atom is 0.240 e. The molecular formula is C23H32N2O7S. The Morgan fingerprint density at radius 2 is 1.48 bits per heavy atom. The number of benzene rings is 2. The summed E-state index contributed by atoms with van der Waals surface area (Å²) in [5.41, 5.74) is 0.540. The van der Waals surface area contributed by atoms with E-state index in [-0.39, 0.29) is 23.8 Å². The van der Waals surface area contributed by atoms with Crippen molar-refractivity contribution >= 4 is 21.6 Å². The normalized spacial score (nSPS) is 11.0. The van der Waals surface area contributed by atoms with Crippen LogP contribution in [0.25, 0.3) is 0 Å². The van der Waals surface area contributed by atoms with Gasteiger partial charge in [-0.3, -0.25) is 4.79 Å². The number of ether oxygens (including phenoxy) is 4. The summed E-state index contributed by atoms with van der Waals surface area (Å²) in [6, 6.07) is 9.44. The first-order valence-electron chi connectivity index (χ1n) is 10.8. The van der Waals surface area contributed by atoms with E-state index >= 15 is 0 Å². The van der Waals surface area contributed by atoms with E-state index in [0.29, 0.717) is 41.9 Å². The van der Waals surface area contributed by atoms with Crippen LogP contribution in [0.1, 0.15) is 33.1 Å². The summed E-state index contributed by atoms with van der Waals surface area (Å²) >= 11 is 0. The number of carbonyl (C=O) groups excluding carboxylic acids is 1. The zero-order valence-corrected chi connectivity index (χ0v) is 20.3. The predicted molar refractivity (Wildman–Crippen MR) is 126 cm³/mol. The quantitative estimate of drug-likeness (QED) is 0.425. The molecule has 0 aliphatic carbocycles. The minimum Gasteiger partial charge on any atom is -0.493 e. The van der Waals surface area contributed by atoms with Crippen LogP contribution in [0.2, 0.25) is 0 Å². The smallest absolute Gasteiger partial charge is 0.240 e. The van der Waals surface area contributed by atoms with Gasteiger partial charge in [-0.25, -0.2) is 13.1 Å². The Hall–Kier alpha value is -2.98. The lowest BCUT2D eigenvalue weighted by atomic mass is 10.2. The van der Waals surface area contributed by atoms with Gasteiger partial charge in [-0.2, -0.15) is 0 Å². The van der Waals surface area contributed by atoms with Gasteiger partial charge in [0.15, 0.2) is 23.0 Å². The molecule has 0 spiro atoms. The topological polar surface area (TPSA) is 112 Å². The molecule has 0 unspecified atom stereocenters. The van der Waals surface area contributed by atoms with E-state index in [1.807, 2.05) is 13.8 Å². The van der Waals surface area contributed by atoms with Crippen LogP contribution in [0.5, 0.6) is 23.0 Å². The molecule has 0 heterocycles. The van der Waals surface area contributed by atoms with Gasteiger partial charge in [-0.05, 0) is 37.1 Å². The van der Waals surface area contributed by atoms with Crippen molar-refractivity contribution in [1.29, 1.82) is 0 Å². The fraction of sp³-hybridized carbons (Fsp3) is 0.435. The van der Waals surface area contributed by atoms with E-state index in [1.54, 1.807) is 18.2 Å². The minimum atomic E-state index is -3.82. The Labute approximate surface area is 195 Å². The lowest BCUT2D eigenvalue weighted by Gasteiger charge is -2.14. The second-order valence-electron chi connectivity index (χ2n) is 7.07. The van der Waals surface area contributed by atoms with Crippen LogP contribution in [0.15, 0.2) is 41.3 Å². The standard InChI is InChI=1S/C23H32N2O7S/c1-5-13-31-20-9-7-17(15-22(20)32-14-6-2)25-23(26)11-12-24-33(27,28)18-8-10-19(29-3)21(16-18)30-4/h7-10,15-16,24H,5-6,11-14H2,1-4H3,(H,25,26). The van der Waals surface area contributed by atoms with Gasteiger partial charge >= 0.3 is 0 Å². The van der Waals surface area contributed by atoms with Gasteiger partial charge in [0.1, 0.15) is 0 Å². The lowest BCUT2D eigenvalue weighted by molar-refractivity contribution is -0.116. The zero-order valence-electron chi connectivity index (χ0n) is 19.5. The van der Waals surface area contributed by atoms with Crippen LogP contribution >= 0.6 is 0 Å². The molecule has 0 aliphatic rings. The minimum absolute atomic E-state index is 0.0148. The third-order valence-corrected chi connectivity index (χ3v) is 5.92. The number of rotatable bonds is 14. The van der Waals surface area contributed by atoms with Gasteiger partial charge in [0, 0.05) is 30.8 Å². The van der Waals surface area contributed by atoms with Gasteiger partial charge in [0.05, 0.1) is 32.3 Å². The molecule has 0 saturated heterocycles. The van der Waals surface area contributed by atoms with Gasteiger partial charge in [0.25, 0.3) is 0 Å². The molecule has 0 atom stereocenters. The first kappa shape index (κ1) is 26.3. The average molecular weight is 481 g/mol. The van der Waals surface area contributed by atoms with Crippen LogP contribution in [0.3, 0.4) is 0 Å². The summed E-state index contributed by atoms with van der Waals surface area (Å²) < 4.78 is 49.2. The van der Waals surface area contributed by atoms with E-state index in [4.69, 9.17) is 18.9 Å². The Bertz CT molecular complexity index is 1030. The average Bonchev–Trinajstić information content (AvgIpc) is 2.81. The predicted octanol–water partition coefficient (Wildman–Crippen LogP) is 3.59. The van der Waals surface area contributed by atoms with Crippen molar-refractivity contribution < 1.29 is 32.2 Å². The highest BCUT2D eigenvalue weighted by Crippen LogP contribution is 2.31. The van der Waals surface area contributed by atoms with Crippen LogP contribution < -0.4 is 29.0 Å². The highest BCUT2D eigenvalue weighted by atomic mass is 32.2. The molecule has 0 aliphatic heterocycles. The fourth-order valence-corrected chi connectivity index (χ4v) is 3.88. The Morgan fingerprint density at radius 3 is 2.12 bits per heavy atom. The van der Waals surface area contributed by atoms with Gasteiger partial charge in [-0.15, -0.1) is 0 Å². The maximum atomic E-state index is 12.5. The van der Waals surface area contributed by atoms with E-state index in [9.17, 15) is 13.2 Å². The Balaban J connectivity index is 1.96. The highest BCUT2D eigenvalue weighted by molar-refractivity contribution is 7.89. The molecule has 2 rings (SSSR count). The molecule has 0 fully saturated rings. The molecule has 0 bridgehead atoms. The van der Waals surface area contributed by atoms with E-state index in [2.05, 4.69) is 10.0 Å². The summed E-state index contributed by atoms with van der Waals surface area (Å²) in [6.07, 6.45) is 1.65. The second-order valence-corrected chi connectivity index (χ2v) is 8.84. The first-order chi connectivity index (χ1) is 15.8. The van der Waals surface area contributed by atoms with Crippen molar-refractivity contribution in [3.05, 3.63) is 36.4 Å². The molecule has 2 aromatic rings. The van der Waals surface area contributed by atoms with Crippen molar-refractivity contribution in [1.82, 2.24) is 4.72 Å². The maximum absolute atomic E-state index is 12.5. The summed E-state index contributed by atoms with van der Waals surface area (Å²) in [6.45, 7) is 5.04. The second kappa shape index (κ2) is 12.9. The Morgan fingerprint density at radius 1 is 0.848 bits per heavy atom. The van der Waals surface area contributed by atoms with E-state index in [0.717, 1.165) is 12.8 Å². The van der Waals surface area contributed by atoms with E-state index < -0.39 is 10.0 Å². The highest BCUT2D eigenvalue weighted by Gasteiger charge is 2.17. The molecule has 10 heteroatoms. The first-order valence-corrected chi connectivity index (χ1v) is 12.2. The third kappa shape index (κ3) is 7.83. The number of nitrogens with one attached hydrogen (secondary N) is 2. The summed E-state index contributed by atoms with van der Waals surface area (Å²) in [5.74, 6) is 1.55. The van der Waals surface area contributed by atoms with Crippen molar-refractivity contribution in [3.8, 4) is 23.0 Å². The third-order valence-electron chi connectivity index (χ3n) is 4.46. The number of hydrogen-bond donors (Lipinski definition) is 2. The summed E-state index contributed by atoms with van der Waals surface area (Å²) in [4.78, 5) is 12.4. The largest absolute Gasteiger partial charge is 0.493 e. The number of methoxy groups -OCH3 is 2. The van der Waals surface area contributed by atoms with E-state index in [1.165, 1.54) is 32.4 Å². The van der Waals surface area contributed by atoms with Crippen LogP contribution in [-0.2, 0) is 14.8 Å². The van der Waals surface area contributed by atoms with Crippen LogP contribution in [0.4, 0.5) is 5.69 Å². The van der Waals surface area contributed by atoms with Crippen LogP contribution in [0, 0.1) is 0 Å². The number of anilines is 1. The SMILES string of the molecule is CCCOc1ccc(NC(=O)CCNS(=O)(=O)c2ccc(OC)c(OC)c2)cc1OCCC. The monoisotopic (exact) mass is 480 g/mol. The van der Waals surface area contributed by atoms with Gasteiger partial charge in [0.2, 0.25) is 15.9 Å².